The third-order valence-electron chi connectivity index (χ3n) is 3.97. The van der Waals surface area contributed by atoms with Crippen molar-refractivity contribution in [2.75, 3.05) is 32.5 Å². The van der Waals surface area contributed by atoms with E-state index in [4.69, 9.17) is 10.5 Å². The van der Waals surface area contributed by atoms with Crippen LogP contribution in [0, 0.1) is 19.8 Å². The molecule has 1 atom stereocenters. The van der Waals surface area contributed by atoms with Gasteiger partial charge in [-0.25, -0.2) is 8.42 Å². The molecule has 1 fully saturated rings. The second-order valence-corrected chi connectivity index (χ2v) is 7.37. The summed E-state index contributed by atoms with van der Waals surface area (Å²) < 4.78 is 31.9. The highest BCUT2D eigenvalue weighted by molar-refractivity contribution is 7.89. The van der Waals surface area contributed by atoms with Crippen LogP contribution in [-0.2, 0) is 14.8 Å². The van der Waals surface area contributed by atoms with Gasteiger partial charge in [-0.1, -0.05) is 0 Å². The van der Waals surface area contributed by atoms with Crippen LogP contribution in [0.5, 0.6) is 0 Å². The number of anilines is 1. The zero-order valence-electron chi connectivity index (χ0n) is 12.2. The molecule has 1 unspecified atom stereocenters. The van der Waals surface area contributed by atoms with Crippen LogP contribution in [0.3, 0.4) is 0 Å². The van der Waals surface area contributed by atoms with Gasteiger partial charge in [0.15, 0.2) is 0 Å². The van der Waals surface area contributed by atoms with Crippen LogP contribution in [-0.4, -0.2) is 39.5 Å². The summed E-state index contributed by atoms with van der Waals surface area (Å²) in [7, 11) is -1.81. The average Bonchev–Trinajstić information content (AvgIpc) is 2.85. The minimum Gasteiger partial charge on any atom is -0.398 e. The zero-order chi connectivity index (χ0) is 14.9. The standard InChI is InChI=1S/C14H22N2O3S/c1-10-6-13(7-14(15)11(10)2)20(17,18)16-5-4-12(8-16)9-19-3/h6-7,12H,4-5,8-9,15H2,1-3H3. The van der Waals surface area contributed by atoms with Gasteiger partial charge in [-0.15, -0.1) is 0 Å². The van der Waals surface area contributed by atoms with Crippen LogP contribution in [0.15, 0.2) is 17.0 Å². The Labute approximate surface area is 120 Å². The molecule has 1 aromatic rings. The summed E-state index contributed by atoms with van der Waals surface area (Å²) in [6.07, 6.45) is 0.841. The van der Waals surface area contributed by atoms with Crippen molar-refractivity contribution in [1.29, 1.82) is 0 Å². The first-order valence-electron chi connectivity index (χ1n) is 6.72. The molecule has 5 nitrogen and oxygen atoms in total. The van der Waals surface area contributed by atoms with Crippen molar-refractivity contribution in [3.05, 3.63) is 23.3 Å². The molecule has 2 rings (SSSR count). The summed E-state index contributed by atoms with van der Waals surface area (Å²) in [4.78, 5) is 0.288. The molecule has 1 aliphatic rings. The van der Waals surface area contributed by atoms with Gasteiger partial charge in [-0.2, -0.15) is 4.31 Å². The molecule has 1 aliphatic heterocycles. The molecule has 0 bridgehead atoms. The highest BCUT2D eigenvalue weighted by Crippen LogP contribution is 2.28. The molecule has 0 aliphatic carbocycles. The van der Waals surface area contributed by atoms with Crippen molar-refractivity contribution in [1.82, 2.24) is 4.31 Å². The van der Waals surface area contributed by atoms with Crippen molar-refractivity contribution in [3.8, 4) is 0 Å². The van der Waals surface area contributed by atoms with Gasteiger partial charge in [0.25, 0.3) is 0 Å². The highest BCUT2D eigenvalue weighted by Gasteiger charge is 2.32. The summed E-state index contributed by atoms with van der Waals surface area (Å²) in [6.45, 7) is 5.43. The number of nitrogen functional groups attached to an aromatic ring is 1. The second-order valence-electron chi connectivity index (χ2n) is 5.43. The Bertz CT molecular complexity index is 575. The molecule has 1 aromatic carbocycles. The monoisotopic (exact) mass is 298 g/mol. The third-order valence-corrected chi connectivity index (χ3v) is 5.81. The molecule has 0 spiro atoms. The summed E-state index contributed by atoms with van der Waals surface area (Å²) in [5.74, 6) is 0.277. The van der Waals surface area contributed by atoms with Crippen molar-refractivity contribution >= 4 is 15.7 Å². The topological polar surface area (TPSA) is 72.6 Å². The molecule has 0 saturated carbocycles. The van der Waals surface area contributed by atoms with E-state index in [1.54, 1.807) is 19.2 Å². The van der Waals surface area contributed by atoms with Crippen molar-refractivity contribution < 1.29 is 13.2 Å². The molecule has 112 valence electrons. The van der Waals surface area contributed by atoms with Crippen molar-refractivity contribution in [2.45, 2.75) is 25.2 Å². The highest BCUT2D eigenvalue weighted by atomic mass is 32.2. The maximum absolute atomic E-state index is 12.6. The first-order chi connectivity index (χ1) is 9.36. The molecule has 2 N–H and O–H groups in total. The van der Waals surface area contributed by atoms with Crippen LogP contribution in [0.4, 0.5) is 5.69 Å². The molecule has 1 saturated heterocycles. The SMILES string of the molecule is COCC1CCN(S(=O)(=O)c2cc(C)c(C)c(N)c2)C1. The smallest absolute Gasteiger partial charge is 0.243 e. The van der Waals surface area contributed by atoms with Crippen LogP contribution in [0.2, 0.25) is 0 Å². The van der Waals surface area contributed by atoms with E-state index < -0.39 is 10.0 Å². The van der Waals surface area contributed by atoms with Gasteiger partial charge in [-0.05, 0) is 49.4 Å². The third kappa shape index (κ3) is 2.82. The van der Waals surface area contributed by atoms with E-state index >= 15 is 0 Å². The van der Waals surface area contributed by atoms with Gasteiger partial charge in [0.1, 0.15) is 0 Å². The summed E-state index contributed by atoms with van der Waals surface area (Å²) in [5, 5.41) is 0. The molecule has 0 radical (unpaired) electrons. The number of rotatable bonds is 4. The molecule has 0 amide bonds. The predicted molar refractivity (Wildman–Crippen MR) is 79.1 cm³/mol. The number of benzene rings is 1. The van der Waals surface area contributed by atoms with E-state index in [0.29, 0.717) is 25.4 Å². The van der Waals surface area contributed by atoms with Gasteiger partial charge in [0.05, 0.1) is 11.5 Å². The Morgan fingerprint density at radius 1 is 1.40 bits per heavy atom. The van der Waals surface area contributed by atoms with Crippen LogP contribution in [0.1, 0.15) is 17.5 Å². The van der Waals surface area contributed by atoms with Crippen LogP contribution in [0.25, 0.3) is 0 Å². The number of nitrogens with zero attached hydrogens (tertiary/aromatic N) is 1. The molecule has 1 heterocycles. The zero-order valence-corrected chi connectivity index (χ0v) is 13.0. The molecule has 20 heavy (non-hydrogen) atoms. The quantitative estimate of drug-likeness (QED) is 0.856. The molecular formula is C14H22N2O3S. The van der Waals surface area contributed by atoms with E-state index in [0.717, 1.165) is 17.5 Å². The number of ether oxygens (including phenoxy) is 1. The lowest BCUT2D eigenvalue weighted by Gasteiger charge is -2.18. The van der Waals surface area contributed by atoms with E-state index in [2.05, 4.69) is 0 Å². The minimum atomic E-state index is -3.45. The molecule has 0 aromatic heterocycles. The Morgan fingerprint density at radius 2 is 2.10 bits per heavy atom. The maximum Gasteiger partial charge on any atom is 0.243 e. The average molecular weight is 298 g/mol. The Balaban J connectivity index is 2.28. The molecular weight excluding hydrogens is 276 g/mol. The van der Waals surface area contributed by atoms with Gasteiger partial charge < -0.3 is 10.5 Å². The first kappa shape index (κ1) is 15.3. The Kier molecular flexibility index (Phi) is 4.36. The van der Waals surface area contributed by atoms with E-state index in [1.807, 2.05) is 13.8 Å². The van der Waals surface area contributed by atoms with Crippen LogP contribution < -0.4 is 5.73 Å². The lowest BCUT2D eigenvalue weighted by Crippen LogP contribution is -2.29. The number of aryl methyl sites for hydroxylation is 1. The predicted octanol–water partition coefficient (Wildman–Crippen LogP) is 1.54. The number of hydrogen-bond donors (Lipinski definition) is 1. The lowest BCUT2D eigenvalue weighted by atomic mass is 10.1. The van der Waals surface area contributed by atoms with Gasteiger partial charge >= 0.3 is 0 Å². The normalized spacial score (nSPS) is 20.4. The first-order valence-corrected chi connectivity index (χ1v) is 8.16. The fourth-order valence-corrected chi connectivity index (χ4v) is 4.19. The van der Waals surface area contributed by atoms with E-state index in [9.17, 15) is 8.42 Å². The van der Waals surface area contributed by atoms with Crippen LogP contribution >= 0.6 is 0 Å². The fraction of sp³-hybridized carbons (Fsp3) is 0.571. The van der Waals surface area contributed by atoms with E-state index in [-0.39, 0.29) is 10.8 Å². The Hall–Kier alpha value is -1.11. The lowest BCUT2D eigenvalue weighted by molar-refractivity contribution is 0.157. The van der Waals surface area contributed by atoms with Gasteiger partial charge in [-0.3, -0.25) is 0 Å². The van der Waals surface area contributed by atoms with E-state index in [1.165, 1.54) is 4.31 Å². The maximum atomic E-state index is 12.6. The number of sulfonamides is 1. The number of nitrogens with two attached hydrogens (primary N) is 1. The van der Waals surface area contributed by atoms with Crippen molar-refractivity contribution in [2.24, 2.45) is 5.92 Å². The fourth-order valence-electron chi connectivity index (χ4n) is 2.54. The largest absolute Gasteiger partial charge is 0.398 e. The van der Waals surface area contributed by atoms with Crippen molar-refractivity contribution in [3.63, 3.8) is 0 Å². The minimum absolute atomic E-state index is 0.277. The summed E-state index contributed by atoms with van der Waals surface area (Å²) >= 11 is 0. The second kappa shape index (κ2) is 5.71. The molecule has 6 heteroatoms. The summed E-state index contributed by atoms with van der Waals surface area (Å²) in [5.41, 5.74) is 8.25. The van der Waals surface area contributed by atoms with Gasteiger partial charge in [0, 0.05) is 25.9 Å². The number of methoxy groups -OCH3 is 1. The van der Waals surface area contributed by atoms with Gasteiger partial charge in [0.2, 0.25) is 10.0 Å². The summed E-state index contributed by atoms with van der Waals surface area (Å²) in [6, 6.07) is 3.26. The number of hydrogen-bond acceptors (Lipinski definition) is 4. The Morgan fingerprint density at radius 3 is 2.70 bits per heavy atom.